The van der Waals surface area contributed by atoms with Gasteiger partial charge in [0.05, 0.1) is 0 Å². The number of H-pyrrole nitrogens is 1. The van der Waals surface area contributed by atoms with Crippen LogP contribution in [0.1, 0.15) is 42.4 Å². The van der Waals surface area contributed by atoms with Crippen molar-refractivity contribution >= 4 is 22.7 Å². The predicted molar refractivity (Wildman–Crippen MR) is 164 cm³/mol. The number of unbranched alkanes of at least 4 members (excludes halogenated alkanes) is 1. The summed E-state index contributed by atoms with van der Waals surface area (Å²) >= 11 is 0. The van der Waals surface area contributed by atoms with E-state index in [0.717, 1.165) is 50.0 Å². The lowest BCUT2D eigenvalue weighted by Gasteiger charge is -2.51. The topological polar surface area (TPSA) is 68.4 Å². The summed E-state index contributed by atoms with van der Waals surface area (Å²) in [5, 5.41) is 4.34. The number of amides is 2. The fourth-order valence-corrected chi connectivity index (χ4v) is 6.71. The lowest BCUT2D eigenvalue weighted by Crippen LogP contribution is -2.73. The van der Waals surface area contributed by atoms with Gasteiger partial charge >= 0.3 is 0 Å². The van der Waals surface area contributed by atoms with Crippen LogP contribution in [0.25, 0.3) is 10.9 Å². The van der Waals surface area contributed by atoms with E-state index in [1.165, 1.54) is 16.5 Å². The molecule has 2 fully saturated rings. The minimum absolute atomic E-state index is 0.0145. The van der Waals surface area contributed by atoms with Gasteiger partial charge in [-0.1, -0.05) is 78.9 Å². The molecule has 0 bridgehead atoms. The number of aromatic amines is 1. The summed E-state index contributed by atoms with van der Waals surface area (Å²) in [7, 11) is 0. The highest BCUT2D eigenvalue weighted by Crippen LogP contribution is 2.34. The number of nitrogens with zero attached hydrogens (tertiary/aromatic N) is 2. The highest BCUT2D eigenvalue weighted by atomic mass is 16.2. The number of likely N-dealkylation sites (tertiary alicyclic amines) is 1. The number of piperidine rings is 1. The Hall–Kier alpha value is -3.90. The monoisotopic (exact) mass is 548 g/mol. The summed E-state index contributed by atoms with van der Waals surface area (Å²) in [6, 6.07) is 28.4. The molecule has 1 unspecified atom stereocenters. The molecular weight excluding hydrogens is 508 g/mol. The fourth-order valence-electron chi connectivity index (χ4n) is 6.71. The first-order chi connectivity index (χ1) is 20.1. The SMILES string of the molecule is O=C1C(Cc2ccccc2)NC(=O)C2(CCN(CCCCc3ccccc3)CC2)N1CCc1c[nH]c2ccccc12. The van der Waals surface area contributed by atoms with E-state index in [2.05, 4.69) is 57.7 Å². The number of hydrogen-bond acceptors (Lipinski definition) is 3. The molecule has 212 valence electrons. The van der Waals surface area contributed by atoms with Crippen molar-refractivity contribution in [2.24, 2.45) is 0 Å². The molecule has 2 aliphatic rings. The van der Waals surface area contributed by atoms with Crippen LogP contribution in [0.5, 0.6) is 0 Å². The molecule has 0 saturated carbocycles. The normalized spacial score (nSPS) is 19.1. The van der Waals surface area contributed by atoms with E-state index in [9.17, 15) is 9.59 Å². The van der Waals surface area contributed by atoms with Gasteiger partial charge in [0, 0.05) is 43.2 Å². The van der Waals surface area contributed by atoms with Crippen LogP contribution < -0.4 is 5.32 Å². The number of aryl methyl sites for hydroxylation is 1. The molecule has 6 rings (SSSR count). The Balaban J connectivity index is 1.14. The largest absolute Gasteiger partial charge is 0.361 e. The van der Waals surface area contributed by atoms with Gasteiger partial charge in [0.1, 0.15) is 11.6 Å². The van der Waals surface area contributed by atoms with Crippen LogP contribution in [0.4, 0.5) is 0 Å². The second kappa shape index (κ2) is 12.3. The number of rotatable bonds is 10. The van der Waals surface area contributed by atoms with Crippen molar-refractivity contribution in [3.63, 3.8) is 0 Å². The van der Waals surface area contributed by atoms with E-state index in [-0.39, 0.29) is 11.8 Å². The molecule has 2 saturated heterocycles. The third-order valence-corrected chi connectivity index (χ3v) is 9.09. The van der Waals surface area contributed by atoms with E-state index >= 15 is 0 Å². The Morgan fingerprint density at radius 3 is 2.20 bits per heavy atom. The van der Waals surface area contributed by atoms with Crippen LogP contribution in [0.2, 0.25) is 0 Å². The van der Waals surface area contributed by atoms with Gasteiger partial charge in [0.2, 0.25) is 11.8 Å². The summed E-state index contributed by atoms with van der Waals surface area (Å²) in [4.78, 5) is 35.8. The number of para-hydroxylation sites is 1. The zero-order chi connectivity index (χ0) is 28.1. The quantitative estimate of drug-likeness (QED) is 0.270. The second-order valence-corrected chi connectivity index (χ2v) is 11.6. The van der Waals surface area contributed by atoms with Crippen LogP contribution in [-0.4, -0.2) is 64.4 Å². The first-order valence-electron chi connectivity index (χ1n) is 15.1. The van der Waals surface area contributed by atoms with Gasteiger partial charge in [-0.2, -0.15) is 0 Å². The Morgan fingerprint density at radius 1 is 0.756 bits per heavy atom. The maximum Gasteiger partial charge on any atom is 0.246 e. The Bertz CT molecular complexity index is 1460. The van der Waals surface area contributed by atoms with Gasteiger partial charge in [-0.15, -0.1) is 0 Å². The van der Waals surface area contributed by atoms with Crippen molar-refractivity contribution in [2.75, 3.05) is 26.2 Å². The van der Waals surface area contributed by atoms with E-state index < -0.39 is 11.6 Å². The molecule has 6 heteroatoms. The van der Waals surface area contributed by atoms with Crippen molar-refractivity contribution in [1.82, 2.24) is 20.1 Å². The standard InChI is InChI=1S/C35H40N4O2/c40-33-32(25-28-14-5-2-6-15-28)37-34(41)35(39(33)22-18-29-26-36-31-17-8-7-16-30(29)31)19-23-38(24-20-35)21-10-9-13-27-11-3-1-4-12-27/h1-8,11-12,14-17,26,32,36H,9-10,13,18-25H2,(H,37,41). The molecule has 3 aromatic carbocycles. The maximum absolute atomic E-state index is 14.1. The summed E-state index contributed by atoms with van der Waals surface area (Å²) in [6.45, 7) is 3.23. The summed E-state index contributed by atoms with van der Waals surface area (Å²) in [5.74, 6) is 0.0605. The van der Waals surface area contributed by atoms with Crippen molar-refractivity contribution in [3.05, 3.63) is 108 Å². The summed E-state index contributed by atoms with van der Waals surface area (Å²) in [6.07, 6.45) is 8.01. The molecule has 6 nitrogen and oxygen atoms in total. The predicted octanol–water partition coefficient (Wildman–Crippen LogP) is 5.14. The lowest BCUT2D eigenvalue weighted by atomic mass is 9.80. The van der Waals surface area contributed by atoms with Crippen LogP contribution in [0.15, 0.2) is 91.1 Å². The minimum atomic E-state index is -0.781. The first-order valence-corrected chi connectivity index (χ1v) is 15.1. The third kappa shape index (κ3) is 5.94. The zero-order valence-electron chi connectivity index (χ0n) is 23.7. The molecular formula is C35H40N4O2. The molecule has 3 heterocycles. The Morgan fingerprint density at radius 2 is 1.44 bits per heavy atom. The van der Waals surface area contributed by atoms with Crippen LogP contribution in [-0.2, 0) is 28.9 Å². The average Bonchev–Trinajstić information content (AvgIpc) is 3.43. The molecule has 1 spiro atoms. The number of piperazine rings is 1. The number of fused-ring (bicyclic) bond motifs is 1. The van der Waals surface area contributed by atoms with Gasteiger partial charge < -0.3 is 20.1 Å². The maximum atomic E-state index is 14.1. The molecule has 0 radical (unpaired) electrons. The van der Waals surface area contributed by atoms with Gasteiger partial charge in [0.15, 0.2) is 0 Å². The average molecular weight is 549 g/mol. The van der Waals surface area contributed by atoms with Crippen LogP contribution in [0, 0.1) is 0 Å². The minimum Gasteiger partial charge on any atom is -0.361 e. The molecule has 1 aromatic heterocycles. The van der Waals surface area contributed by atoms with Crippen molar-refractivity contribution < 1.29 is 9.59 Å². The van der Waals surface area contributed by atoms with Crippen LogP contribution >= 0.6 is 0 Å². The van der Waals surface area contributed by atoms with Crippen LogP contribution in [0.3, 0.4) is 0 Å². The van der Waals surface area contributed by atoms with E-state index in [1.54, 1.807) is 0 Å². The highest BCUT2D eigenvalue weighted by Gasteiger charge is 2.53. The molecule has 2 amide bonds. The summed E-state index contributed by atoms with van der Waals surface area (Å²) < 4.78 is 0. The first kappa shape index (κ1) is 27.3. The Labute approximate surface area is 242 Å². The highest BCUT2D eigenvalue weighted by molar-refractivity contribution is 6.00. The zero-order valence-corrected chi connectivity index (χ0v) is 23.7. The van der Waals surface area contributed by atoms with E-state index in [0.29, 0.717) is 32.2 Å². The van der Waals surface area contributed by atoms with Gasteiger partial charge in [0.25, 0.3) is 0 Å². The van der Waals surface area contributed by atoms with E-state index in [1.807, 2.05) is 53.6 Å². The number of benzene rings is 3. The molecule has 0 aliphatic carbocycles. The van der Waals surface area contributed by atoms with Crippen molar-refractivity contribution in [1.29, 1.82) is 0 Å². The summed E-state index contributed by atoms with van der Waals surface area (Å²) in [5.41, 5.74) is 3.95. The molecule has 2 aliphatic heterocycles. The number of carbonyl (C=O) groups is 2. The van der Waals surface area contributed by atoms with Gasteiger partial charge in [-0.05, 0) is 67.8 Å². The Kier molecular flexibility index (Phi) is 8.19. The lowest BCUT2D eigenvalue weighted by molar-refractivity contribution is -0.161. The third-order valence-electron chi connectivity index (χ3n) is 9.09. The second-order valence-electron chi connectivity index (χ2n) is 11.6. The van der Waals surface area contributed by atoms with Crippen molar-refractivity contribution in [3.8, 4) is 0 Å². The number of hydrogen-bond donors (Lipinski definition) is 2. The number of aromatic nitrogens is 1. The number of carbonyl (C=O) groups excluding carboxylic acids is 2. The van der Waals surface area contributed by atoms with E-state index in [4.69, 9.17) is 0 Å². The number of nitrogens with one attached hydrogen (secondary N) is 2. The molecule has 4 aromatic rings. The fraction of sp³-hybridized carbons (Fsp3) is 0.371. The van der Waals surface area contributed by atoms with Gasteiger partial charge in [-0.25, -0.2) is 0 Å². The molecule has 41 heavy (non-hydrogen) atoms. The molecule has 2 N–H and O–H groups in total. The van der Waals surface area contributed by atoms with Gasteiger partial charge in [-0.3, -0.25) is 9.59 Å². The van der Waals surface area contributed by atoms with Crippen molar-refractivity contribution in [2.45, 2.75) is 56.5 Å². The smallest absolute Gasteiger partial charge is 0.246 e. The molecule has 1 atom stereocenters.